The average Bonchev–Trinajstić information content (AvgIpc) is 2.65. The van der Waals surface area contributed by atoms with E-state index < -0.39 is 10.8 Å². The molecular formula is C17H16N4O4S. The Morgan fingerprint density at radius 2 is 1.77 bits per heavy atom. The van der Waals surface area contributed by atoms with Gasteiger partial charge in [-0.15, -0.1) is 0 Å². The van der Waals surface area contributed by atoms with Gasteiger partial charge in [-0.3, -0.25) is 35.9 Å². The third-order valence-electron chi connectivity index (χ3n) is 3.35. The van der Waals surface area contributed by atoms with Crippen molar-refractivity contribution in [2.45, 2.75) is 12.8 Å². The fourth-order valence-electron chi connectivity index (χ4n) is 2.06. The lowest BCUT2D eigenvalue weighted by Gasteiger charge is -2.10. The molecule has 0 heterocycles. The number of rotatable bonds is 5. The monoisotopic (exact) mass is 372 g/mol. The molecule has 2 aromatic carbocycles. The number of carbonyl (C=O) groups excluding carboxylic acids is 2. The summed E-state index contributed by atoms with van der Waals surface area (Å²) < 4.78 is 0. The second kappa shape index (κ2) is 9.23. The van der Waals surface area contributed by atoms with E-state index in [-0.39, 0.29) is 28.7 Å². The molecule has 26 heavy (non-hydrogen) atoms. The van der Waals surface area contributed by atoms with Gasteiger partial charge in [-0.05, 0) is 30.3 Å². The SMILES string of the molecule is O=C(CCc1ccccc1)NNC(=S)NC(=O)c1cccc([N+](=O)[O-])c1. The highest BCUT2D eigenvalue weighted by molar-refractivity contribution is 7.80. The molecule has 0 fully saturated rings. The molecular weight excluding hydrogens is 356 g/mol. The van der Waals surface area contributed by atoms with Gasteiger partial charge >= 0.3 is 0 Å². The molecule has 0 atom stereocenters. The van der Waals surface area contributed by atoms with Crippen LogP contribution in [0.25, 0.3) is 0 Å². The van der Waals surface area contributed by atoms with E-state index in [1.54, 1.807) is 0 Å². The molecule has 3 N–H and O–H groups in total. The predicted molar refractivity (Wildman–Crippen MR) is 99.2 cm³/mol. The van der Waals surface area contributed by atoms with Crippen molar-refractivity contribution in [1.29, 1.82) is 0 Å². The highest BCUT2D eigenvalue weighted by atomic mass is 32.1. The third-order valence-corrected chi connectivity index (χ3v) is 3.55. The van der Waals surface area contributed by atoms with E-state index in [0.717, 1.165) is 11.6 Å². The van der Waals surface area contributed by atoms with E-state index in [9.17, 15) is 19.7 Å². The second-order valence-corrected chi connectivity index (χ2v) is 5.66. The highest BCUT2D eigenvalue weighted by Crippen LogP contribution is 2.12. The van der Waals surface area contributed by atoms with Gasteiger partial charge in [0.25, 0.3) is 11.6 Å². The van der Waals surface area contributed by atoms with E-state index in [2.05, 4.69) is 16.2 Å². The quantitative estimate of drug-likeness (QED) is 0.419. The maximum absolute atomic E-state index is 12.0. The standard InChI is InChI=1S/C17H16N4O4S/c22-15(10-9-12-5-2-1-3-6-12)19-20-17(26)18-16(23)13-7-4-8-14(11-13)21(24)25/h1-8,11H,9-10H2,(H,19,22)(H2,18,20,23,26). The molecule has 2 amide bonds. The van der Waals surface area contributed by atoms with Crippen LogP contribution in [0.3, 0.4) is 0 Å². The molecule has 0 aromatic heterocycles. The summed E-state index contributed by atoms with van der Waals surface area (Å²) in [5, 5.41) is 12.9. The number of carbonyl (C=O) groups is 2. The smallest absolute Gasteiger partial charge is 0.270 e. The number of nitrogens with zero attached hydrogens (tertiary/aromatic N) is 1. The molecule has 0 aliphatic rings. The highest BCUT2D eigenvalue weighted by Gasteiger charge is 2.13. The fourth-order valence-corrected chi connectivity index (χ4v) is 2.20. The van der Waals surface area contributed by atoms with Crippen molar-refractivity contribution >= 4 is 34.8 Å². The Bertz CT molecular complexity index is 827. The zero-order valence-electron chi connectivity index (χ0n) is 13.6. The molecule has 9 heteroatoms. The summed E-state index contributed by atoms with van der Waals surface area (Å²) in [6.07, 6.45) is 0.819. The average molecular weight is 372 g/mol. The van der Waals surface area contributed by atoms with Gasteiger partial charge in [0, 0.05) is 24.1 Å². The molecule has 0 bridgehead atoms. The van der Waals surface area contributed by atoms with E-state index >= 15 is 0 Å². The summed E-state index contributed by atoms with van der Waals surface area (Å²) >= 11 is 4.92. The maximum atomic E-state index is 12.0. The summed E-state index contributed by atoms with van der Waals surface area (Å²) in [4.78, 5) is 33.9. The molecule has 0 saturated heterocycles. The Hall–Kier alpha value is -3.33. The van der Waals surface area contributed by atoms with Crippen LogP contribution in [0.1, 0.15) is 22.3 Å². The largest absolute Gasteiger partial charge is 0.298 e. The van der Waals surface area contributed by atoms with Crippen LogP contribution < -0.4 is 16.2 Å². The fraction of sp³-hybridized carbons (Fsp3) is 0.118. The Balaban J connectivity index is 1.77. The van der Waals surface area contributed by atoms with Crippen molar-refractivity contribution < 1.29 is 14.5 Å². The number of aryl methyl sites for hydroxylation is 1. The van der Waals surface area contributed by atoms with Crippen molar-refractivity contribution in [1.82, 2.24) is 16.2 Å². The van der Waals surface area contributed by atoms with Crippen LogP contribution in [-0.2, 0) is 11.2 Å². The van der Waals surface area contributed by atoms with Gasteiger partial charge in [-0.25, -0.2) is 0 Å². The summed E-state index contributed by atoms with van der Waals surface area (Å²) in [5.74, 6) is -0.912. The second-order valence-electron chi connectivity index (χ2n) is 5.25. The number of non-ortho nitro benzene ring substituents is 1. The lowest BCUT2D eigenvalue weighted by atomic mass is 10.1. The number of hydrogen-bond acceptors (Lipinski definition) is 5. The van der Waals surface area contributed by atoms with E-state index in [1.165, 1.54) is 18.2 Å². The van der Waals surface area contributed by atoms with Gasteiger partial charge in [0.15, 0.2) is 5.11 Å². The Kier molecular flexibility index (Phi) is 6.75. The van der Waals surface area contributed by atoms with Gasteiger partial charge in [-0.2, -0.15) is 0 Å². The minimum atomic E-state index is -0.621. The van der Waals surface area contributed by atoms with Crippen LogP contribution in [0.15, 0.2) is 54.6 Å². The van der Waals surface area contributed by atoms with Crippen molar-refractivity contribution in [3.8, 4) is 0 Å². The minimum absolute atomic E-state index is 0.0822. The first-order chi connectivity index (χ1) is 12.5. The van der Waals surface area contributed by atoms with Crippen LogP contribution in [0.4, 0.5) is 5.69 Å². The van der Waals surface area contributed by atoms with Gasteiger partial charge in [0.1, 0.15) is 0 Å². The van der Waals surface area contributed by atoms with Gasteiger partial charge in [0.05, 0.1) is 4.92 Å². The number of nitro benzene ring substituents is 1. The molecule has 0 unspecified atom stereocenters. The zero-order valence-corrected chi connectivity index (χ0v) is 14.4. The first-order valence-corrected chi connectivity index (χ1v) is 8.05. The summed E-state index contributed by atoms with van der Waals surface area (Å²) in [6, 6.07) is 14.8. The van der Waals surface area contributed by atoms with E-state index in [1.807, 2.05) is 30.3 Å². The van der Waals surface area contributed by atoms with Crippen molar-refractivity contribution in [3.63, 3.8) is 0 Å². The number of thiocarbonyl (C=S) groups is 1. The molecule has 0 aliphatic heterocycles. The normalized spacial score (nSPS) is 9.85. The van der Waals surface area contributed by atoms with Crippen molar-refractivity contribution in [3.05, 3.63) is 75.8 Å². The predicted octanol–water partition coefficient (Wildman–Crippen LogP) is 1.86. The van der Waals surface area contributed by atoms with Crippen LogP contribution in [0.2, 0.25) is 0 Å². The van der Waals surface area contributed by atoms with E-state index in [4.69, 9.17) is 12.2 Å². The maximum Gasteiger partial charge on any atom is 0.270 e. The Labute approximate surface area is 154 Å². The number of amides is 2. The molecule has 134 valence electrons. The summed E-state index contributed by atoms with van der Waals surface area (Å²) in [7, 11) is 0. The lowest BCUT2D eigenvalue weighted by Crippen LogP contribution is -2.48. The van der Waals surface area contributed by atoms with Crippen molar-refractivity contribution in [2.75, 3.05) is 0 Å². The third kappa shape index (κ3) is 5.95. The number of nitro groups is 1. The first-order valence-electron chi connectivity index (χ1n) is 7.64. The topological polar surface area (TPSA) is 113 Å². The van der Waals surface area contributed by atoms with Gasteiger partial charge in [-0.1, -0.05) is 36.4 Å². The van der Waals surface area contributed by atoms with Crippen LogP contribution >= 0.6 is 12.2 Å². The van der Waals surface area contributed by atoms with Gasteiger partial charge < -0.3 is 0 Å². The molecule has 0 radical (unpaired) electrons. The molecule has 0 aliphatic carbocycles. The Morgan fingerprint density at radius 3 is 2.46 bits per heavy atom. The number of hydrogen-bond donors (Lipinski definition) is 3. The minimum Gasteiger partial charge on any atom is -0.298 e. The number of hydrazine groups is 1. The van der Waals surface area contributed by atoms with Gasteiger partial charge in [0.2, 0.25) is 5.91 Å². The number of nitrogens with one attached hydrogen (secondary N) is 3. The van der Waals surface area contributed by atoms with Crippen LogP contribution in [-0.4, -0.2) is 21.9 Å². The molecule has 2 rings (SSSR count). The van der Waals surface area contributed by atoms with Crippen LogP contribution in [0.5, 0.6) is 0 Å². The summed E-state index contributed by atoms with van der Waals surface area (Å²) in [5.41, 5.74) is 5.72. The lowest BCUT2D eigenvalue weighted by molar-refractivity contribution is -0.384. The number of benzene rings is 2. The first kappa shape index (κ1) is 19.0. The van der Waals surface area contributed by atoms with E-state index in [0.29, 0.717) is 6.42 Å². The Morgan fingerprint density at radius 1 is 1.04 bits per heavy atom. The molecule has 8 nitrogen and oxygen atoms in total. The molecule has 2 aromatic rings. The summed E-state index contributed by atoms with van der Waals surface area (Å²) in [6.45, 7) is 0. The molecule has 0 spiro atoms. The van der Waals surface area contributed by atoms with Crippen LogP contribution in [0, 0.1) is 10.1 Å². The van der Waals surface area contributed by atoms with Crippen molar-refractivity contribution in [2.24, 2.45) is 0 Å². The molecule has 0 saturated carbocycles. The zero-order chi connectivity index (χ0) is 18.9.